The molecule has 54 heavy (non-hydrogen) atoms. The van der Waals surface area contributed by atoms with Crippen LogP contribution in [0.4, 0.5) is 0 Å². The second kappa shape index (κ2) is 38.4. The number of unbranched alkanes of at least 4 members (excludes halogenated alkanes) is 28. The van der Waals surface area contributed by atoms with Gasteiger partial charge in [-0.15, -0.1) is 0 Å². The Hall–Kier alpha value is -1.52. The molecule has 3 atom stereocenters. The maximum Gasteiger partial charge on any atom is 0.472 e. The smallest absolute Gasteiger partial charge is 0.472 e. The molecule has 4 N–H and O–H groups in total. The number of carboxylic acids is 1. The molecule has 0 aromatic rings. The van der Waals surface area contributed by atoms with Gasteiger partial charge >= 0.3 is 25.7 Å². The van der Waals surface area contributed by atoms with Gasteiger partial charge in [-0.3, -0.25) is 23.4 Å². The van der Waals surface area contributed by atoms with Crippen molar-refractivity contribution in [2.45, 2.75) is 231 Å². The molecule has 0 aliphatic heterocycles. The summed E-state index contributed by atoms with van der Waals surface area (Å²) in [5, 5.41) is 8.88. The first-order valence-electron chi connectivity index (χ1n) is 22.1. The highest BCUT2D eigenvalue weighted by Crippen LogP contribution is 2.43. The molecule has 320 valence electrons. The van der Waals surface area contributed by atoms with E-state index < -0.39 is 51.1 Å². The first kappa shape index (κ1) is 52.5. The van der Waals surface area contributed by atoms with Gasteiger partial charge in [-0.2, -0.15) is 0 Å². The molecule has 0 saturated heterocycles. The fraction of sp³-hybridized carbons (Fsp3) is 0.929. The summed E-state index contributed by atoms with van der Waals surface area (Å²) in [6.45, 7) is 2.83. The van der Waals surface area contributed by atoms with Gasteiger partial charge in [-0.05, 0) is 12.8 Å². The van der Waals surface area contributed by atoms with E-state index in [2.05, 4.69) is 18.4 Å². The normalized spacial score (nSPS) is 13.7. The van der Waals surface area contributed by atoms with Crippen molar-refractivity contribution >= 4 is 25.7 Å². The number of carboxylic acid groups (broad SMARTS) is 1. The van der Waals surface area contributed by atoms with E-state index in [1.54, 1.807) is 0 Å². The molecule has 0 bridgehead atoms. The third kappa shape index (κ3) is 37.4. The molecular weight excluding hydrogens is 709 g/mol. The standard InChI is InChI=1S/C42H82NO10P/c1-3-5-7-9-11-13-15-17-19-21-23-25-27-29-31-33-40(44)50-35-38(36-51-54(48,49)52-37-39(43)42(46)47)53-41(45)34-32-30-28-26-24-22-20-18-16-14-12-10-8-6-4-2/h38-39H,3-37,43H2,1-2H3,(H,46,47)(H,48,49)/t38?,39-/m1/s1. The number of carbonyl (C=O) groups is 3. The molecule has 0 aliphatic carbocycles. The third-order valence-corrected chi connectivity index (χ3v) is 10.8. The summed E-state index contributed by atoms with van der Waals surface area (Å²) in [4.78, 5) is 45.9. The Balaban J connectivity index is 4.31. The molecular formula is C42H82NO10P. The third-order valence-electron chi connectivity index (χ3n) is 9.86. The van der Waals surface area contributed by atoms with E-state index in [0.717, 1.165) is 38.5 Å². The van der Waals surface area contributed by atoms with Crippen LogP contribution in [0.3, 0.4) is 0 Å². The lowest BCUT2D eigenvalue weighted by atomic mass is 10.0. The highest BCUT2D eigenvalue weighted by molar-refractivity contribution is 7.47. The zero-order valence-electron chi connectivity index (χ0n) is 34.6. The van der Waals surface area contributed by atoms with Gasteiger partial charge in [0, 0.05) is 12.8 Å². The minimum Gasteiger partial charge on any atom is -0.480 e. The summed E-state index contributed by atoms with van der Waals surface area (Å²) in [6, 6.07) is -1.52. The maximum absolute atomic E-state index is 12.6. The van der Waals surface area contributed by atoms with Crippen LogP contribution in [-0.2, 0) is 37.5 Å². The van der Waals surface area contributed by atoms with Crippen molar-refractivity contribution in [3.63, 3.8) is 0 Å². The average molecular weight is 792 g/mol. The fourth-order valence-electron chi connectivity index (χ4n) is 6.36. The Morgan fingerprint density at radius 2 is 0.815 bits per heavy atom. The molecule has 0 saturated carbocycles. The Morgan fingerprint density at radius 1 is 0.500 bits per heavy atom. The molecule has 0 aromatic carbocycles. The van der Waals surface area contributed by atoms with E-state index in [4.69, 9.17) is 24.8 Å². The van der Waals surface area contributed by atoms with Gasteiger partial charge < -0.3 is 25.2 Å². The van der Waals surface area contributed by atoms with E-state index in [9.17, 15) is 23.8 Å². The highest BCUT2D eigenvalue weighted by Gasteiger charge is 2.28. The van der Waals surface area contributed by atoms with Crippen molar-refractivity contribution in [2.24, 2.45) is 5.73 Å². The Bertz CT molecular complexity index is 937. The molecule has 0 heterocycles. The van der Waals surface area contributed by atoms with Crippen LogP contribution in [-0.4, -0.2) is 59.9 Å². The number of nitrogens with two attached hydrogens (primary N) is 1. The quantitative estimate of drug-likeness (QED) is 0.0305. The number of phosphoric acid groups is 1. The molecule has 0 fully saturated rings. The monoisotopic (exact) mass is 792 g/mol. The Kier molecular flexibility index (Phi) is 37.3. The van der Waals surface area contributed by atoms with E-state index >= 15 is 0 Å². The van der Waals surface area contributed by atoms with E-state index in [-0.39, 0.29) is 19.4 Å². The molecule has 0 spiro atoms. The lowest BCUT2D eigenvalue weighted by molar-refractivity contribution is -0.161. The van der Waals surface area contributed by atoms with Gasteiger partial charge in [0.2, 0.25) is 0 Å². The van der Waals surface area contributed by atoms with E-state index in [1.807, 2.05) is 0 Å². The van der Waals surface area contributed by atoms with Crippen molar-refractivity contribution in [3.05, 3.63) is 0 Å². The minimum atomic E-state index is -4.71. The Morgan fingerprint density at radius 3 is 1.17 bits per heavy atom. The van der Waals surface area contributed by atoms with Crippen molar-refractivity contribution < 1.29 is 47.5 Å². The number of ether oxygens (including phenoxy) is 2. The molecule has 0 aliphatic rings. The van der Waals surface area contributed by atoms with Gasteiger partial charge in [-0.25, -0.2) is 4.57 Å². The summed E-state index contributed by atoms with van der Waals surface area (Å²) < 4.78 is 32.7. The summed E-state index contributed by atoms with van der Waals surface area (Å²) in [7, 11) is -4.71. The summed E-state index contributed by atoms with van der Waals surface area (Å²) >= 11 is 0. The van der Waals surface area contributed by atoms with Gasteiger partial charge in [0.25, 0.3) is 0 Å². The molecule has 12 heteroatoms. The van der Waals surface area contributed by atoms with Crippen LogP contribution in [0.15, 0.2) is 0 Å². The predicted octanol–water partition coefficient (Wildman–Crippen LogP) is 11.5. The van der Waals surface area contributed by atoms with Crippen LogP contribution in [0.1, 0.15) is 219 Å². The highest BCUT2D eigenvalue weighted by atomic mass is 31.2. The summed E-state index contributed by atoms with van der Waals surface area (Å²) in [6.07, 6.45) is 35.9. The number of esters is 2. The number of hydrogen-bond donors (Lipinski definition) is 3. The van der Waals surface area contributed by atoms with Gasteiger partial charge in [0.1, 0.15) is 12.6 Å². The van der Waals surface area contributed by atoms with Gasteiger partial charge in [0.15, 0.2) is 6.10 Å². The lowest BCUT2D eigenvalue weighted by Crippen LogP contribution is -2.34. The summed E-state index contributed by atoms with van der Waals surface area (Å²) in [5.41, 5.74) is 5.33. The van der Waals surface area contributed by atoms with Crippen LogP contribution in [0.25, 0.3) is 0 Å². The fourth-order valence-corrected chi connectivity index (χ4v) is 7.14. The molecule has 0 radical (unpaired) electrons. The average Bonchev–Trinajstić information content (AvgIpc) is 3.14. The number of phosphoric ester groups is 1. The van der Waals surface area contributed by atoms with Crippen LogP contribution in [0, 0.1) is 0 Å². The molecule has 2 unspecified atom stereocenters. The molecule has 11 nitrogen and oxygen atoms in total. The summed E-state index contributed by atoms with van der Waals surface area (Å²) in [5.74, 6) is -2.36. The Labute approximate surface area is 329 Å². The molecule has 0 aromatic heterocycles. The first-order valence-corrected chi connectivity index (χ1v) is 23.6. The topological polar surface area (TPSA) is 172 Å². The van der Waals surface area contributed by atoms with Crippen molar-refractivity contribution in [1.82, 2.24) is 0 Å². The second-order valence-corrected chi connectivity index (χ2v) is 16.7. The minimum absolute atomic E-state index is 0.169. The zero-order valence-corrected chi connectivity index (χ0v) is 35.5. The maximum atomic E-state index is 12.6. The number of carbonyl (C=O) groups excluding carboxylic acids is 2. The molecule has 0 amide bonds. The van der Waals surface area contributed by atoms with Crippen LogP contribution < -0.4 is 5.73 Å². The SMILES string of the molecule is CCCCCCCCCCCCCCCCCC(=O)OCC(COP(=O)(O)OC[C@@H](N)C(=O)O)OC(=O)CCCCCCCCCCCCCCCCC. The van der Waals surface area contributed by atoms with Crippen LogP contribution >= 0.6 is 7.82 Å². The zero-order chi connectivity index (χ0) is 40.0. The second-order valence-electron chi connectivity index (χ2n) is 15.2. The number of hydrogen-bond acceptors (Lipinski definition) is 9. The lowest BCUT2D eigenvalue weighted by Gasteiger charge is -2.20. The number of rotatable bonds is 42. The van der Waals surface area contributed by atoms with E-state index in [1.165, 1.54) is 141 Å². The van der Waals surface area contributed by atoms with Gasteiger partial charge in [-0.1, -0.05) is 194 Å². The van der Waals surface area contributed by atoms with Gasteiger partial charge in [0.05, 0.1) is 13.2 Å². The van der Waals surface area contributed by atoms with Crippen molar-refractivity contribution in [1.29, 1.82) is 0 Å². The van der Waals surface area contributed by atoms with Crippen LogP contribution in [0.2, 0.25) is 0 Å². The largest absolute Gasteiger partial charge is 0.480 e. The van der Waals surface area contributed by atoms with Crippen molar-refractivity contribution in [2.75, 3.05) is 19.8 Å². The molecule has 0 rings (SSSR count). The number of aliphatic carboxylic acids is 1. The van der Waals surface area contributed by atoms with Crippen molar-refractivity contribution in [3.8, 4) is 0 Å². The van der Waals surface area contributed by atoms with E-state index in [0.29, 0.717) is 12.8 Å². The predicted molar refractivity (Wildman–Crippen MR) is 217 cm³/mol. The first-order chi connectivity index (χ1) is 26.1. The van der Waals surface area contributed by atoms with Crippen LogP contribution in [0.5, 0.6) is 0 Å².